The van der Waals surface area contributed by atoms with Gasteiger partial charge in [-0.3, -0.25) is 0 Å². The molecule has 0 saturated carbocycles. The average Bonchev–Trinajstić information content (AvgIpc) is 1.83. The maximum absolute atomic E-state index is 3.87. The van der Waals surface area contributed by atoms with Crippen LogP contribution in [0.1, 0.15) is 20.8 Å². The zero-order chi connectivity index (χ0) is 8.91. The molecule has 2 N–H and O–H groups in total. The highest BCUT2D eigenvalue weighted by molar-refractivity contribution is 4.93. The van der Waals surface area contributed by atoms with E-state index in [0.717, 1.165) is 18.8 Å². The Morgan fingerprint density at radius 2 is 1.91 bits per heavy atom. The maximum Gasteiger partial charge on any atom is 0.0345 e. The van der Waals surface area contributed by atoms with Gasteiger partial charge in [0.05, 0.1) is 0 Å². The summed E-state index contributed by atoms with van der Waals surface area (Å²) in [5.74, 6) is 0. The molecule has 0 heterocycles. The van der Waals surface area contributed by atoms with E-state index in [1.165, 1.54) is 0 Å². The highest BCUT2D eigenvalue weighted by Gasteiger charge is 2.08. The second-order valence-electron chi connectivity index (χ2n) is 4.05. The lowest BCUT2D eigenvalue weighted by Gasteiger charge is -2.20. The SMILES string of the molecule is C=C(CNC)NCC(C)(C)C. The number of nitrogens with one attached hydrogen (secondary N) is 2. The molecule has 0 aromatic carbocycles. The highest BCUT2D eigenvalue weighted by atomic mass is 14.9. The van der Waals surface area contributed by atoms with E-state index in [2.05, 4.69) is 38.0 Å². The van der Waals surface area contributed by atoms with Gasteiger partial charge in [0.2, 0.25) is 0 Å². The molecule has 0 saturated heterocycles. The van der Waals surface area contributed by atoms with E-state index in [4.69, 9.17) is 0 Å². The minimum absolute atomic E-state index is 0.330. The molecular formula is C9H20N2. The minimum Gasteiger partial charge on any atom is -0.387 e. The van der Waals surface area contributed by atoms with E-state index in [0.29, 0.717) is 5.41 Å². The summed E-state index contributed by atoms with van der Waals surface area (Å²) in [6.45, 7) is 12.3. The van der Waals surface area contributed by atoms with Gasteiger partial charge in [0.25, 0.3) is 0 Å². The van der Waals surface area contributed by atoms with Crippen molar-refractivity contribution in [1.29, 1.82) is 0 Å². The van der Waals surface area contributed by atoms with Gasteiger partial charge in [-0.25, -0.2) is 0 Å². The maximum atomic E-state index is 3.87. The summed E-state index contributed by atoms with van der Waals surface area (Å²) >= 11 is 0. The first-order valence-corrected chi connectivity index (χ1v) is 4.02. The van der Waals surface area contributed by atoms with Crippen LogP contribution in [0.3, 0.4) is 0 Å². The van der Waals surface area contributed by atoms with Gasteiger partial charge in [0.1, 0.15) is 0 Å². The zero-order valence-electron chi connectivity index (χ0n) is 8.12. The van der Waals surface area contributed by atoms with Crippen molar-refractivity contribution in [2.24, 2.45) is 5.41 Å². The predicted octanol–water partition coefficient (Wildman–Crippen LogP) is 1.36. The molecule has 66 valence electrons. The Kier molecular flexibility index (Phi) is 4.19. The Bertz CT molecular complexity index is 122. The highest BCUT2D eigenvalue weighted by Crippen LogP contribution is 2.10. The zero-order valence-corrected chi connectivity index (χ0v) is 8.12. The van der Waals surface area contributed by atoms with Crippen LogP contribution in [0.4, 0.5) is 0 Å². The van der Waals surface area contributed by atoms with Crippen molar-refractivity contribution in [3.05, 3.63) is 12.3 Å². The Morgan fingerprint density at radius 3 is 2.27 bits per heavy atom. The van der Waals surface area contributed by atoms with Gasteiger partial charge in [-0.1, -0.05) is 27.4 Å². The fourth-order valence-electron chi connectivity index (χ4n) is 0.666. The van der Waals surface area contributed by atoms with E-state index in [1.54, 1.807) is 0 Å². The first kappa shape index (κ1) is 10.5. The molecule has 0 spiro atoms. The van der Waals surface area contributed by atoms with Gasteiger partial charge in [-0.05, 0) is 12.5 Å². The third-order valence-electron chi connectivity index (χ3n) is 1.26. The van der Waals surface area contributed by atoms with E-state index >= 15 is 0 Å². The van der Waals surface area contributed by atoms with Crippen LogP contribution in [0.2, 0.25) is 0 Å². The molecule has 2 heteroatoms. The third-order valence-corrected chi connectivity index (χ3v) is 1.26. The van der Waals surface area contributed by atoms with Crippen molar-refractivity contribution in [3.8, 4) is 0 Å². The van der Waals surface area contributed by atoms with Crippen molar-refractivity contribution in [2.75, 3.05) is 20.1 Å². The first-order valence-electron chi connectivity index (χ1n) is 4.02. The second kappa shape index (κ2) is 4.39. The fraction of sp³-hybridized carbons (Fsp3) is 0.778. The molecule has 0 aromatic heterocycles. The van der Waals surface area contributed by atoms with E-state index in [-0.39, 0.29) is 0 Å². The summed E-state index contributed by atoms with van der Waals surface area (Å²) in [7, 11) is 1.92. The summed E-state index contributed by atoms with van der Waals surface area (Å²) in [4.78, 5) is 0. The molecule has 0 aromatic rings. The summed E-state index contributed by atoms with van der Waals surface area (Å²) < 4.78 is 0. The number of likely N-dealkylation sites (N-methyl/N-ethyl adjacent to an activating group) is 1. The van der Waals surface area contributed by atoms with Crippen LogP contribution >= 0.6 is 0 Å². The second-order valence-corrected chi connectivity index (χ2v) is 4.05. The molecule has 0 atom stereocenters. The van der Waals surface area contributed by atoms with Crippen LogP contribution in [-0.2, 0) is 0 Å². The van der Waals surface area contributed by atoms with Crippen molar-refractivity contribution in [1.82, 2.24) is 10.6 Å². The summed E-state index contributed by atoms with van der Waals surface area (Å²) in [5, 5.41) is 6.31. The van der Waals surface area contributed by atoms with Crippen molar-refractivity contribution >= 4 is 0 Å². The molecule has 0 amide bonds. The normalized spacial score (nSPS) is 11.3. The molecule has 0 aliphatic heterocycles. The van der Waals surface area contributed by atoms with Gasteiger partial charge in [0.15, 0.2) is 0 Å². The molecule has 0 aliphatic rings. The molecule has 11 heavy (non-hydrogen) atoms. The fourth-order valence-corrected chi connectivity index (χ4v) is 0.666. The van der Waals surface area contributed by atoms with Crippen molar-refractivity contribution < 1.29 is 0 Å². The number of hydrogen-bond acceptors (Lipinski definition) is 2. The molecule has 0 radical (unpaired) electrons. The van der Waals surface area contributed by atoms with Crippen molar-refractivity contribution in [2.45, 2.75) is 20.8 Å². The molecule has 0 fully saturated rings. The van der Waals surface area contributed by atoms with E-state index in [1.807, 2.05) is 7.05 Å². The number of hydrogen-bond donors (Lipinski definition) is 2. The van der Waals surface area contributed by atoms with E-state index < -0.39 is 0 Å². The van der Waals surface area contributed by atoms with Gasteiger partial charge in [-0.15, -0.1) is 0 Å². The van der Waals surface area contributed by atoms with Crippen LogP contribution in [-0.4, -0.2) is 20.1 Å². The standard InChI is InChI=1S/C9H20N2/c1-8(6-10-5)11-7-9(2,3)4/h10-11H,1,6-7H2,2-5H3. The molecular weight excluding hydrogens is 136 g/mol. The molecule has 0 aliphatic carbocycles. The Labute approximate surface area is 70.1 Å². The van der Waals surface area contributed by atoms with Gasteiger partial charge in [0, 0.05) is 18.8 Å². The molecule has 0 rings (SSSR count). The lowest BCUT2D eigenvalue weighted by Crippen LogP contribution is -2.29. The van der Waals surface area contributed by atoms with Crippen LogP contribution in [0, 0.1) is 5.41 Å². The first-order chi connectivity index (χ1) is 4.95. The quantitative estimate of drug-likeness (QED) is 0.642. The summed E-state index contributed by atoms with van der Waals surface area (Å²) in [5.41, 5.74) is 1.39. The summed E-state index contributed by atoms with van der Waals surface area (Å²) in [6, 6.07) is 0. The lowest BCUT2D eigenvalue weighted by molar-refractivity contribution is 0.395. The topological polar surface area (TPSA) is 24.1 Å². The van der Waals surface area contributed by atoms with Gasteiger partial charge < -0.3 is 10.6 Å². The predicted molar refractivity (Wildman–Crippen MR) is 50.5 cm³/mol. The smallest absolute Gasteiger partial charge is 0.0345 e. The van der Waals surface area contributed by atoms with Crippen LogP contribution in [0.15, 0.2) is 12.3 Å². The van der Waals surface area contributed by atoms with Crippen LogP contribution < -0.4 is 10.6 Å². The largest absolute Gasteiger partial charge is 0.387 e. The molecule has 2 nitrogen and oxygen atoms in total. The Hall–Kier alpha value is -0.500. The lowest BCUT2D eigenvalue weighted by atomic mass is 9.97. The minimum atomic E-state index is 0.330. The van der Waals surface area contributed by atoms with Crippen LogP contribution in [0.25, 0.3) is 0 Å². The van der Waals surface area contributed by atoms with Crippen molar-refractivity contribution in [3.63, 3.8) is 0 Å². The number of rotatable bonds is 4. The molecule has 0 unspecified atom stereocenters. The average molecular weight is 156 g/mol. The molecule has 0 bridgehead atoms. The van der Waals surface area contributed by atoms with E-state index in [9.17, 15) is 0 Å². The summed E-state index contributed by atoms with van der Waals surface area (Å²) in [6.07, 6.45) is 0. The van der Waals surface area contributed by atoms with Crippen LogP contribution in [0.5, 0.6) is 0 Å². The Balaban J connectivity index is 3.46. The third kappa shape index (κ3) is 7.40. The Morgan fingerprint density at radius 1 is 1.36 bits per heavy atom. The monoisotopic (exact) mass is 156 g/mol. The van der Waals surface area contributed by atoms with Gasteiger partial charge in [-0.2, -0.15) is 0 Å². The van der Waals surface area contributed by atoms with Gasteiger partial charge >= 0.3 is 0 Å².